The van der Waals surface area contributed by atoms with Crippen molar-refractivity contribution in [3.8, 4) is 0 Å². The Bertz CT molecular complexity index is 190. The van der Waals surface area contributed by atoms with Crippen molar-refractivity contribution in [1.29, 1.82) is 0 Å². The van der Waals surface area contributed by atoms with E-state index in [1.807, 2.05) is 0 Å². The molecule has 0 radical (unpaired) electrons. The van der Waals surface area contributed by atoms with E-state index in [9.17, 15) is 0 Å². The van der Waals surface area contributed by atoms with Gasteiger partial charge in [0.05, 0.1) is 0 Å². The van der Waals surface area contributed by atoms with E-state index in [1.54, 1.807) is 0 Å². The fourth-order valence-corrected chi connectivity index (χ4v) is 2.71. The molecule has 2 fully saturated rings. The Labute approximate surface area is 87.6 Å². The minimum atomic E-state index is 0.139. The number of nitrogens with one attached hydrogen (secondary N) is 1. The Hall–Kier alpha value is -0.0800. The number of nitrogens with two attached hydrogens (primary N) is 1. The molecule has 0 unspecified atom stereocenters. The van der Waals surface area contributed by atoms with Crippen LogP contribution in [0.2, 0.25) is 0 Å². The van der Waals surface area contributed by atoms with Gasteiger partial charge >= 0.3 is 0 Å². The van der Waals surface area contributed by atoms with Crippen molar-refractivity contribution in [2.24, 2.45) is 5.73 Å². The van der Waals surface area contributed by atoms with Gasteiger partial charge in [-0.05, 0) is 39.0 Å². The average molecular weight is 196 g/mol. The van der Waals surface area contributed by atoms with Crippen LogP contribution in [-0.4, -0.2) is 17.6 Å². The first kappa shape index (κ1) is 10.4. The molecule has 0 spiro atoms. The Balaban J connectivity index is 1.77. The highest BCUT2D eigenvalue weighted by Gasteiger charge is 2.35. The first-order chi connectivity index (χ1) is 6.62. The topological polar surface area (TPSA) is 38.0 Å². The molecule has 0 bridgehead atoms. The molecule has 0 aromatic carbocycles. The van der Waals surface area contributed by atoms with Gasteiger partial charge in [-0.1, -0.05) is 19.3 Å². The molecule has 0 saturated heterocycles. The maximum atomic E-state index is 6.22. The van der Waals surface area contributed by atoms with Gasteiger partial charge in [0.25, 0.3) is 0 Å². The van der Waals surface area contributed by atoms with Crippen molar-refractivity contribution in [3.63, 3.8) is 0 Å². The van der Waals surface area contributed by atoms with Gasteiger partial charge in [-0.2, -0.15) is 0 Å². The Morgan fingerprint density at radius 2 is 1.64 bits per heavy atom. The highest BCUT2D eigenvalue weighted by molar-refractivity contribution is 4.97. The quantitative estimate of drug-likeness (QED) is 0.726. The van der Waals surface area contributed by atoms with Gasteiger partial charge < -0.3 is 11.1 Å². The molecule has 14 heavy (non-hydrogen) atoms. The van der Waals surface area contributed by atoms with E-state index in [1.165, 1.54) is 51.4 Å². The maximum absolute atomic E-state index is 6.22. The SMILES string of the molecule is CC1(NCC2(N)CCC2)CCCCC1. The smallest absolute Gasteiger partial charge is 0.0281 e. The maximum Gasteiger partial charge on any atom is 0.0281 e. The summed E-state index contributed by atoms with van der Waals surface area (Å²) in [6, 6.07) is 0. The largest absolute Gasteiger partial charge is 0.324 e. The van der Waals surface area contributed by atoms with Crippen molar-refractivity contribution >= 4 is 0 Å². The van der Waals surface area contributed by atoms with E-state index in [0.717, 1.165) is 6.54 Å². The summed E-state index contributed by atoms with van der Waals surface area (Å²) in [5.74, 6) is 0. The van der Waals surface area contributed by atoms with Crippen LogP contribution < -0.4 is 11.1 Å². The molecule has 3 N–H and O–H groups in total. The van der Waals surface area contributed by atoms with Gasteiger partial charge in [0.2, 0.25) is 0 Å². The van der Waals surface area contributed by atoms with E-state index in [2.05, 4.69) is 12.2 Å². The lowest BCUT2D eigenvalue weighted by Crippen LogP contribution is -2.58. The minimum absolute atomic E-state index is 0.139. The highest BCUT2D eigenvalue weighted by atomic mass is 15.0. The highest BCUT2D eigenvalue weighted by Crippen LogP contribution is 2.31. The van der Waals surface area contributed by atoms with Gasteiger partial charge in [-0.25, -0.2) is 0 Å². The van der Waals surface area contributed by atoms with Crippen molar-refractivity contribution in [3.05, 3.63) is 0 Å². The summed E-state index contributed by atoms with van der Waals surface area (Å²) in [6.07, 6.45) is 10.6. The average Bonchev–Trinajstić information content (AvgIpc) is 2.13. The van der Waals surface area contributed by atoms with Crippen molar-refractivity contribution in [2.45, 2.75) is 69.4 Å². The van der Waals surface area contributed by atoms with Crippen LogP contribution in [0.5, 0.6) is 0 Å². The monoisotopic (exact) mass is 196 g/mol. The second kappa shape index (κ2) is 3.82. The van der Waals surface area contributed by atoms with E-state index in [-0.39, 0.29) is 5.54 Å². The number of hydrogen-bond acceptors (Lipinski definition) is 2. The van der Waals surface area contributed by atoms with Gasteiger partial charge in [-0.15, -0.1) is 0 Å². The second-order valence-electron chi connectivity index (χ2n) is 5.69. The molecule has 0 aromatic rings. The third-order valence-corrected chi connectivity index (χ3v) is 4.17. The summed E-state index contributed by atoms with van der Waals surface area (Å²) in [4.78, 5) is 0. The predicted octanol–water partition coefficient (Wildman–Crippen LogP) is 2.18. The molecule has 2 nitrogen and oxygen atoms in total. The lowest BCUT2D eigenvalue weighted by atomic mass is 9.76. The van der Waals surface area contributed by atoms with Gasteiger partial charge in [0.15, 0.2) is 0 Å². The van der Waals surface area contributed by atoms with E-state index < -0.39 is 0 Å². The molecular weight excluding hydrogens is 172 g/mol. The van der Waals surface area contributed by atoms with Crippen LogP contribution in [0.25, 0.3) is 0 Å². The van der Waals surface area contributed by atoms with Crippen LogP contribution in [0, 0.1) is 0 Å². The molecule has 0 aliphatic heterocycles. The molecule has 2 rings (SSSR count). The molecule has 0 amide bonds. The Kier molecular flexibility index (Phi) is 2.85. The summed E-state index contributed by atoms with van der Waals surface area (Å²) in [5, 5.41) is 3.72. The van der Waals surface area contributed by atoms with E-state index in [4.69, 9.17) is 5.73 Å². The molecule has 2 saturated carbocycles. The number of rotatable bonds is 3. The van der Waals surface area contributed by atoms with E-state index in [0.29, 0.717) is 5.54 Å². The standard InChI is InChI=1S/C12H24N2/c1-11(6-3-2-4-7-11)14-10-12(13)8-5-9-12/h14H,2-10,13H2,1H3. The summed E-state index contributed by atoms with van der Waals surface area (Å²) in [5.41, 5.74) is 6.74. The first-order valence-electron chi connectivity index (χ1n) is 6.16. The minimum Gasteiger partial charge on any atom is -0.324 e. The molecule has 0 aromatic heterocycles. The second-order valence-corrected chi connectivity index (χ2v) is 5.69. The third-order valence-electron chi connectivity index (χ3n) is 4.17. The zero-order valence-corrected chi connectivity index (χ0v) is 9.44. The normalized spacial score (nSPS) is 29.6. The molecular formula is C12H24N2. The zero-order valence-electron chi connectivity index (χ0n) is 9.44. The summed E-state index contributed by atoms with van der Waals surface area (Å²) in [6.45, 7) is 3.40. The van der Waals surface area contributed by atoms with Crippen molar-refractivity contribution < 1.29 is 0 Å². The van der Waals surface area contributed by atoms with Crippen LogP contribution >= 0.6 is 0 Å². The summed E-state index contributed by atoms with van der Waals surface area (Å²) in [7, 11) is 0. The van der Waals surface area contributed by atoms with Crippen LogP contribution in [0.1, 0.15) is 58.3 Å². The Morgan fingerprint density at radius 3 is 2.14 bits per heavy atom. The first-order valence-corrected chi connectivity index (χ1v) is 6.16. The molecule has 0 atom stereocenters. The van der Waals surface area contributed by atoms with Crippen LogP contribution in [0.3, 0.4) is 0 Å². The zero-order chi connectivity index (χ0) is 10.1. The lowest BCUT2D eigenvalue weighted by Gasteiger charge is -2.43. The van der Waals surface area contributed by atoms with Gasteiger partial charge in [0, 0.05) is 17.6 Å². The summed E-state index contributed by atoms with van der Waals surface area (Å²) >= 11 is 0. The molecule has 2 heteroatoms. The molecule has 2 aliphatic rings. The van der Waals surface area contributed by atoms with Crippen molar-refractivity contribution in [2.75, 3.05) is 6.54 Å². The van der Waals surface area contributed by atoms with E-state index >= 15 is 0 Å². The third kappa shape index (κ3) is 2.29. The molecule has 0 heterocycles. The number of hydrogen-bond donors (Lipinski definition) is 2. The lowest BCUT2D eigenvalue weighted by molar-refractivity contribution is 0.183. The fraction of sp³-hybridized carbons (Fsp3) is 1.00. The summed E-state index contributed by atoms with van der Waals surface area (Å²) < 4.78 is 0. The van der Waals surface area contributed by atoms with Crippen LogP contribution in [-0.2, 0) is 0 Å². The van der Waals surface area contributed by atoms with Crippen LogP contribution in [0.4, 0.5) is 0 Å². The van der Waals surface area contributed by atoms with Gasteiger partial charge in [-0.3, -0.25) is 0 Å². The fourth-order valence-electron chi connectivity index (χ4n) is 2.71. The Morgan fingerprint density at radius 1 is 1.00 bits per heavy atom. The molecule has 82 valence electrons. The molecule has 2 aliphatic carbocycles. The van der Waals surface area contributed by atoms with Crippen LogP contribution in [0.15, 0.2) is 0 Å². The van der Waals surface area contributed by atoms with Crippen molar-refractivity contribution in [1.82, 2.24) is 5.32 Å². The van der Waals surface area contributed by atoms with Gasteiger partial charge in [0.1, 0.15) is 0 Å². The predicted molar refractivity (Wildman–Crippen MR) is 60.3 cm³/mol.